The molecule has 1 fully saturated rings. The molecule has 7 amide bonds. The molecule has 1 aliphatic heterocycles. The van der Waals surface area contributed by atoms with Gasteiger partial charge >= 0.3 is 6.03 Å². The maximum Gasteiger partial charge on any atom is 0.338 e. The summed E-state index contributed by atoms with van der Waals surface area (Å²) >= 11 is 0. The minimum absolute atomic E-state index is 0.0342. The van der Waals surface area contributed by atoms with E-state index >= 15 is 4.79 Å². The normalized spacial score (nSPS) is 17.3. The van der Waals surface area contributed by atoms with Gasteiger partial charge in [0.15, 0.2) is 5.82 Å². The lowest BCUT2D eigenvalue weighted by atomic mass is 9.93. The van der Waals surface area contributed by atoms with Crippen LogP contribution >= 0.6 is 0 Å². The summed E-state index contributed by atoms with van der Waals surface area (Å²) in [6, 6.07) is 12.8. The number of nitrogens with one attached hydrogen (secondary N) is 6. The maximum absolute atomic E-state index is 15.0. The fourth-order valence-electron chi connectivity index (χ4n) is 8.79. The standard InChI is InChI=1S/C51H64N12O10/c1-29-43(30(2)58-45(57-29)33-11-14-36(15-12-33)73-35-8-6-5-7-9-35)48(66)60-39(18-22-56-51(69)62-70)50(68)63(4)44-34-13-17-42(72-25-21-54)38(28-34)37-26-32(10-16-41(37)71-24-20-53)27-40(47(65)55-23-19-52)61-46(64)31(3)59-49(44)67/h10-17,26,28,31,35,39-40,44,70H,5-9,18,20-25,27,53-54H2,1-4H3,(H,55,65)(H,59,67)(H,60,66)(H,61,64)(H2,56,62,69)/t31-,39-,40-,44-/m0/s1. The molecule has 22 nitrogen and oxygen atoms in total. The van der Waals surface area contributed by atoms with Crippen LogP contribution in [-0.4, -0.2) is 126 Å². The Labute approximate surface area is 423 Å². The SMILES string of the molecule is Cc1nc(-c2ccc(OC3CCCCC3)cc2)nc(C)c1C(=O)N[C@@H](CCNC(=O)NO)C(=O)N(C)[C@@H]1C(=O)N[C@@H](C)C(=O)N[C@H](C(=O)NCC#N)Cc2ccc(OCCN)c(c2)-c2cc1ccc2OCCN. The zero-order valence-corrected chi connectivity index (χ0v) is 41.4. The summed E-state index contributed by atoms with van der Waals surface area (Å²) in [5, 5.41) is 31.4. The van der Waals surface area contributed by atoms with Crippen molar-refractivity contribution in [2.24, 2.45) is 11.5 Å². The molecule has 11 N–H and O–H groups in total. The molecule has 388 valence electrons. The molecular formula is C51H64N12O10. The van der Waals surface area contributed by atoms with Crippen LogP contribution in [-0.2, 0) is 25.6 Å². The molecule has 0 spiro atoms. The number of likely N-dealkylation sites (N-methyl/N-ethyl adjacent to an activating group) is 1. The number of hydrogen-bond donors (Lipinski definition) is 9. The van der Waals surface area contributed by atoms with E-state index in [0.29, 0.717) is 51.0 Å². The molecule has 0 unspecified atom stereocenters. The second-order valence-electron chi connectivity index (χ2n) is 17.8. The monoisotopic (exact) mass is 1000 g/mol. The minimum Gasteiger partial charge on any atom is -0.492 e. The second-order valence-corrected chi connectivity index (χ2v) is 17.8. The van der Waals surface area contributed by atoms with E-state index in [4.69, 9.17) is 25.7 Å². The van der Waals surface area contributed by atoms with Crippen LogP contribution in [0.1, 0.15) is 84.4 Å². The Morgan fingerprint density at radius 3 is 2.15 bits per heavy atom. The number of aromatic nitrogens is 2. The third-order valence-electron chi connectivity index (χ3n) is 12.4. The number of ether oxygens (including phenoxy) is 3. The first-order chi connectivity index (χ1) is 35.1. The average Bonchev–Trinajstić information content (AvgIpc) is 3.38. The number of amides is 7. The summed E-state index contributed by atoms with van der Waals surface area (Å²) in [5.74, 6) is -1.96. The number of urea groups is 1. The van der Waals surface area contributed by atoms with Crippen molar-refractivity contribution >= 4 is 35.6 Å². The molecule has 0 saturated heterocycles. The summed E-state index contributed by atoms with van der Waals surface area (Å²) in [6.45, 7) is 4.64. The number of hydroxylamine groups is 1. The van der Waals surface area contributed by atoms with Crippen LogP contribution < -0.4 is 57.7 Å². The molecule has 1 aromatic heterocycles. The van der Waals surface area contributed by atoms with Gasteiger partial charge in [-0.15, -0.1) is 0 Å². The second kappa shape index (κ2) is 26.0. The van der Waals surface area contributed by atoms with Crippen molar-refractivity contribution < 1.29 is 48.2 Å². The van der Waals surface area contributed by atoms with Crippen LogP contribution in [0.2, 0.25) is 0 Å². The van der Waals surface area contributed by atoms with Crippen molar-refractivity contribution in [3.05, 3.63) is 88.7 Å². The Hall–Kier alpha value is -7.87. The molecule has 6 rings (SSSR count). The number of fused-ring (bicyclic) bond motifs is 5. The van der Waals surface area contributed by atoms with Crippen molar-refractivity contribution in [2.45, 2.75) is 96.0 Å². The number of carbonyl (C=O) groups is 6. The first-order valence-corrected chi connectivity index (χ1v) is 24.2. The zero-order valence-electron chi connectivity index (χ0n) is 41.4. The summed E-state index contributed by atoms with van der Waals surface area (Å²) in [4.78, 5) is 93.8. The summed E-state index contributed by atoms with van der Waals surface area (Å²) in [5.41, 5.74) is 16.2. The van der Waals surface area contributed by atoms with E-state index in [1.165, 1.54) is 25.9 Å². The van der Waals surface area contributed by atoms with Gasteiger partial charge in [-0.1, -0.05) is 18.6 Å². The number of benzene rings is 3. The van der Waals surface area contributed by atoms with Crippen molar-refractivity contribution in [3.63, 3.8) is 0 Å². The van der Waals surface area contributed by atoms with Crippen LogP contribution in [0.25, 0.3) is 22.5 Å². The summed E-state index contributed by atoms with van der Waals surface area (Å²) in [6.07, 6.45) is 5.42. The van der Waals surface area contributed by atoms with Gasteiger partial charge in [0.1, 0.15) is 61.2 Å². The van der Waals surface area contributed by atoms with Gasteiger partial charge in [0.2, 0.25) is 23.6 Å². The van der Waals surface area contributed by atoms with Gasteiger partial charge in [0.05, 0.1) is 29.1 Å². The van der Waals surface area contributed by atoms with Crippen molar-refractivity contribution in [1.29, 1.82) is 5.26 Å². The van der Waals surface area contributed by atoms with Crippen molar-refractivity contribution in [2.75, 3.05) is 46.4 Å². The van der Waals surface area contributed by atoms with Crippen LogP contribution in [0.15, 0.2) is 60.7 Å². The van der Waals surface area contributed by atoms with E-state index < -0.39 is 59.7 Å². The highest BCUT2D eigenvalue weighted by atomic mass is 16.5. The average molecular weight is 1010 g/mol. The zero-order chi connectivity index (χ0) is 52.6. The van der Waals surface area contributed by atoms with Gasteiger partial charge in [-0.05, 0) is 113 Å². The minimum atomic E-state index is -1.52. The van der Waals surface area contributed by atoms with Crippen LogP contribution in [0, 0.1) is 25.2 Å². The van der Waals surface area contributed by atoms with E-state index in [1.807, 2.05) is 30.3 Å². The van der Waals surface area contributed by atoms with Crippen LogP contribution in [0.5, 0.6) is 17.2 Å². The Balaban J connectivity index is 1.38. The summed E-state index contributed by atoms with van der Waals surface area (Å²) < 4.78 is 18.4. The number of aryl methyl sites for hydroxylation is 2. The lowest BCUT2D eigenvalue weighted by molar-refractivity contribution is -0.141. The molecule has 3 aromatic carbocycles. The predicted molar refractivity (Wildman–Crippen MR) is 267 cm³/mol. The number of hydrogen-bond acceptors (Lipinski definition) is 15. The molecule has 22 heteroatoms. The van der Waals surface area contributed by atoms with E-state index in [2.05, 4.69) is 36.6 Å². The lowest BCUT2D eigenvalue weighted by Gasteiger charge is -2.33. The smallest absolute Gasteiger partial charge is 0.338 e. The Bertz CT molecular complexity index is 2650. The molecular weight excluding hydrogens is 941 g/mol. The van der Waals surface area contributed by atoms with Gasteiger partial charge in [0.25, 0.3) is 5.91 Å². The van der Waals surface area contributed by atoms with Gasteiger partial charge in [-0.2, -0.15) is 5.26 Å². The molecule has 2 heterocycles. The fourth-order valence-corrected chi connectivity index (χ4v) is 8.79. The number of nitriles is 1. The van der Waals surface area contributed by atoms with Gasteiger partial charge in [-0.3, -0.25) is 29.2 Å². The molecule has 1 saturated carbocycles. The molecule has 4 atom stereocenters. The Morgan fingerprint density at radius 1 is 0.877 bits per heavy atom. The quantitative estimate of drug-likeness (QED) is 0.0393. The maximum atomic E-state index is 15.0. The number of nitrogens with zero attached hydrogens (tertiary/aromatic N) is 4. The largest absolute Gasteiger partial charge is 0.492 e. The van der Waals surface area contributed by atoms with Gasteiger partial charge in [0, 0.05) is 49.8 Å². The Morgan fingerprint density at radius 2 is 1.52 bits per heavy atom. The highest BCUT2D eigenvalue weighted by molar-refractivity contribution is 6.00. The van der Waals surface area contributed by atoms with Crippen LogP contribution in [0.3, 0.4) is 0 Å². The summed E-state index contributed by atoms with van der Waals surface area (Å²) in [7, 11) is 1.35. The third kappa shape index (κ3) is 14.2. The first kappa shape index (κ1) is 54.5. The predicted octanol–water partition coefficient (Wildman–Crippen LogP) is 2.38. The van der Waals surface area contributed by atoms with E-state index in [1.54, 1.807) is 50.2 Å². The lowest BCUT2D eigenvalue weighted by Crippen LogP contribution is -2.56. The molecule has 0 radical (unpaired) electrons. The molecule has 73 heavy (non-hydrogen) atoms. The van der Waals surface area contributed by atoms with Gasteiger partial charge < -0.3 is 57.2 Å². The number of carbonyl (C=O) groups excluding carboxylic acids is 6. The van der Waals surface area contributed by atoms with Gasteiger partial charge in [-0.25, -0.2) is 20.2 Å². The topological polar surface area (TPSA) is 327 Å². The highest BCUT2D eigenvalue weighted by Crippen LogP contribution is 2.40. The van der Waals surface area contributed by atoms with E-state index in [-0.39, 0.29) is 69.5 Å². The molecule has 4 bridgehead atoms. The van der Waals surface area contributed by atoms with E-state index in [9.17, 15) is 34.4 Å². The third-order valence-corrected chi connectivity index (χ3v) is 12.4. The van der Waals surface area contributed by atoms with Crippen molar-refractivity contribution in [1.82, 2.24) is 46.9 Å². The fraction of sp³-hybridized carbons (Fsp3) is 0.431. The molecule has 4 aromatic rings. The van der Waals surface area contributed by atoms with E-state index in [0.717, 1.165) is 36.3 Å². The highest BCUT2D eigenvalue weighted by Gasteiger charge is 2.37. The molecule has 1 aliphatic carbocycles. The first-order valence-electron chi connectivity index (χ1n) is 24.2. The number of rotatable bonds is 18. The molecule has 2 aliphatic rings. The van der Waals surface area contributed by atoms with Crippen LogP contribution in [0.4, 0.5) is 4.79 Å². The number of nitrogens with two attached hydrogens (primary N) is 2. The van der Waals surface area contributed by atoms with Crippen molar-refractivity contribution in [3.8, 4) is 45.8 Å². The Kier molecular flexibility index (Phi) is 19.4.